The predicted octanol–water partition coefficient (Wildman–Crippen LogP) is 1.96. The molecule has 2 heterocycles. The zero-order valence-corrected chi connectivity index (χ0v) is 11.5. The first-order chi connectivity index (χ1) is 9.22. The second-order valence-electron chi connectivity index (χ2n) is 5.40. The lowest BCUT2D eigenvalue weighted by Gasteiger charge is -2.41. The van der Waals surface area contributed by atoms with Gasteiger partial charge >= 0.3 is 0 Å². The van der Waals surface area contributed by atoms with Crippen molar-refractivity contribution >= 4 is 11.8 Å². The average molecular weight is 283 g/mol. The molecule has 1 fully saturated rings. The van der Waals surface area contributed by atoms with Gasteiger partial charge < -0.3 is 15.2 Å². The number of halogens is 1. The number of benzene rings is 1. The number of nitrogens with one attached hydrogen (secondary N) is 1. The van der Waals surface area contributed by atoms with Crippen LogP contribution in [0.15, 0.2) is 23.1 Å². The number of thioether (sulfide) groups is 1. The van der Waals surface area contributed by atoms with Gasteiger partial charge in [-0.1, -0.05) is 0 Å². The Morgan fingerprint density at radius 2 is 2.32 bits per heavy atom. The fraction of sp³-hybridized carbons (Fsp3) is 0.571. The summed E-state index contributed by atoms with van der Waals surface area (Å²) in [6.45, 7) is 2.06. The summed E-state index contributed by atoms with van der Waals surface area (Å²) in [5.74, 6) is 0.857. The average Bonchev–Trinajstić information content (AvgIpc) is 2.38. The third-order valence-electron chi connectivity index (χ3n) is 3.89. The Kier molecular flexibility index (Phi) is 3.80. The van der Waals surface area contributed by atoms with E-state index in [4.69, 9.17) is 4.74 Å². The molecule has 0 bridgehead atoms. The van der Waals surface area contributed by atoms with E-state index in [9.17, 15) is 9.50 Å². The summed E-state index contributed by atoms with van der Waals surface area (Å²) in [6.07, 6.45) is 0.990. The highest BCUT2D eigenvalue weighted by Crippen LogP contribution is 2.37. The number of ether oxygens (including phenoxy) is 1. The molecule has 1 aromatic rings. The fourth-order valence-corrected chi connectivity index (χ4v) is 3.66. The van der Waals surface area contributed by atoms with Gasteiger partial charge in [0.05, 0.1) is 25.2 Å². The van der Waals surface area contributed by atoms with Crippen molar-refractivity contribution in [3.05, 3.63) is 29.6 Å². The first-order valence-electron chi connectivity index (χ1n) is 6.57. The SMILES string of the molecule is OCC1(CNC2CCSc3ccc(F)cc32)COC1. The Morgan fingerprint density at radius 3 is 3.00 bits per heavy atom. The highest BCUT2D eigenvalue weighted by atomic mass is 32.2. The number of rotatable bonds is 4. The van der Waals surface area contributed by atoms with Crippen LogP contribution in [-0.4, -0.2) is 37.2 Å². The second-order valence-corrected chi connectivity index (χ2v) is 6.54. The summed E-state index contributed by atoms with van der Waals surface area (Å²) in [6, 6.07) is 5.18. The zero-order valence-electron chi connectivity index (χ0n) is 10.7. The van der Waals surface area contributed by atoms with Crippen molar-refractivity contribution in [2.24, 2.45) is 5.41 Å². The summed E-state index contributed by atoms with van der Waals surface area (Å²) >= 11 is 1.78. The lowest BCUT2D eigenvalue weighted by Crippen LogP contribution is -2.52. The van der Waals surface area contributed by atoms with Gasteiger partial charge in [-0.2, -0.15) is 0 Å². The van der Waals surface area contributed by atoms with Crippen LogP contribution in [0.1, 0.15) is 18.0 Å². The van der Waals surface area contributed by atoms with E-state index in [0.29, 0.717) is 13.2 Å². The van der Waals surface area contributed by atoms with E-state index in [2.05, 4.69) is 5.32 Å². The molecule has 0 spiro atoms. The molecule has 1 unspecified atom stereocenters. The van der Waals surface area contributed by atoms with Gasteiger partial charge in [-0.05, 0) is 35.9 Å². The van der Waals surface area contributed by atoms with Crippen molar-refractivity contribution in [3.8, 4) is 0 Å². The van der Waals surface area contributed by atoms with E-state index in [0.717, 1.165) is 29.2 Å². The van der Waals surface area contributed by atoms with Gasteiger partial charge in [0.2, 0.25) is 0 Å². The van der Waals surface area contributed by atoms with Crippen LogP contribution in [0.25, 0.3) is 0 Å². The molecule has 1 aromatic carbocycles. The van der Waals surface area contributed by atoms with Crippen LogP contribution >= 0.6 is 11.8 Å². The molecular weight excluding hydrogens is 265 g/mol. The molecule has 5 heteroatoms. The third-order valence-corrected chi connectivity index (χ3v) is 5.01. The van der Waals surface area contributed by atoms with Crippen LogP contribution in [0.5, 0.6) is 0 Å². The van der Waals surface area contributed by atoms with Crippen molar-refractivity contribution in [2.75, 3.05) is 32.1 Å². The molecular formula is C14H18FNO2S. The van der Waals surface area contributed by atoms with Crippen LogP contribution in [0, 0.1) is 11.2 Å². The van der Waals surface area contributed by atoms with Crippen LogP contribution in [0.3, 0.4) is 0 Å². The van der Waals surface area contributed by atoms with Gasteiger partial charge in [-0.25, -0.2) is 4.39 Å². The molecule has 104 valence electrons. The second kappa shape index (κ2) is 5.40. The summed E-state index contributed by atoms with van der Waals surface area (Å²) in [5.41, 5.74) is 0.905. The molecule has 0 aliphatic carbocycles. The monoisotopic (exact) mass is 283 g/mol. The largest absolute Gasteiger partial charge is 0.396 e. The molecule has 19 heavy (non-hydrogen) atoms. The predicted molar refractivity (Wildman–Crippen MR) is 72.8 cm³/mol. The quantitative estimate of drug-likeness (QED) is 0.886. The molecule has 2 N–H and O–H groups in total. The third kappa shape index (κ3) is 2.65. The van der Waals surface area contributed by atoms with Gasteiger partial charge in [0.25, 0.3) is 0 Å². The minimum Gasteiger partial charge on any atom is -0.396 e. The highest BCUT2D eigenvalue weighted by Gasteiger charge is 2.38. The lowest BCUT2D eigenvalue weighted by atomic mass is 9.86. The van der Waals surface area contributed by atoms with Crippen molar-refractivity contribution in [3.63, 3.8) is 0 Å². The molecule has 1 saturated heterocycles. The molecule has 0 saturated carbocycles. The maximum Gasteiger partial charge on any atom is 0.123 e. The topological polar surface area (TPSA) is 41.5 Å². The zero-order chi connectivity index (χ0) is 13.3. The Labute approximate surface area is 116 Å². The normalized spacial score (nSPS) is 24.6. The Bertz CT molecular complexity index is 459. The van der Waals surface area contributed by atoms with Crippen LogP contribution in [-0.2, 0) is 4.74 Å². The number of hydrogen-bond acceptors (Lipinski definition) is 4. The van der Waals surface area contributed by atoms with E-state index in [1.807, 2.05) is 6.07 Å². The van der Waals surface area contributed by atoms with E-state index in [1.54, 1.807) is 17.8 Å². The van der Waals surface area contributed by atoms with E-state index in [1.165, 1.54) is 6.07 Å². The first-order valence-corrected chi connectivity index (χ1v) is 7.55. The smallest absolute Gasteiger partial charge is 0.123 e. The Hall–Kier alpha value is -0.620. The van der Waals surface area contributed by atoms with E-state index >= 15 is 0 Å². The molecule has 1 atom stereocenters. The maximum atomic E-state index is 13.4. The maximum absolute atomic E-state index is 13.4. The number of aliphatic hydroxyl groups is 1. The summed E-state index contributed by atoms with van der Waals surface area (Å²) in [4.78, 5) is 1.16. The van der Waals surface area contributed by atoms with E-state index < -0.39 is 0 Å². The molecule has 0 amide bonds. The number of fused-ring (bicyclic) bond motifs is 1. The number of hydrogen-bond donors (Lipinski definition) is 2. The molecule has 2 aliphatic rings. The molecule has 3 nitrogen and oxygen atoms in total. The summed E-state index contributed by atoms with van der Waals surface area (Å²) < 4.78 is 18.6. The van der Waals surface area contributed by atoms with Crippen molar-refractivity contribution in [2.45, 2.75) is 17.4 Å². The molecule has 3 rings (SSSR count). The van der Waals surface area contributed by atoms with Gasteiger partial charge in [-0.3, -0.25) is 0 Å². The first kappa shape index (κ1) is 13.4. The Morgan fingerprint density at radius 1 is 1.47 bits per heavy atom. The van der Waals surface area contributed by atoms with Crippen LogP contribution in [0.4, 0.5) is 4.39 Å². The van der Waals surface area contributed by atoms with Gasteiger partial charge in [0.15, 0.2) is 0 Å². The summed E-state index contributed by atoms with van der Waals surface area (Å²) in [7, 11) is 0. The van der Waals surface area contributed by atoms with Gasteiger partial charge in [-0.15, -0.1) is 11.8 Å². The molecule has 2 aliphatic heterocycles. The van der Waals surface area contributed by atoms with Gasteiger partial charge in [0.1, 0.15) is 5.82 Å². The lowest BCUT2D eigenvalue weighted by molar-refractivity contribution is -0.135. The standard InChI is InChI=1S/C14H18FNO2S/c15-10-1-2-13-11(5-10)12(3-4-19-13)16-6-14(7-17)8-18-9-14/h1-2,5,12,16-17H,3-4,6-9H2. The van der Waals surface area contributed by atoms with Crippen LogP contribution < -0.4 is 5.32 Å². The highest BCUT2D eigenvalue weighted by molar-refractivity contribution is 7.99. The Balaban J connectivity index is 1.71. The minimum absolute atomic E-state index is 0.136. The van der Waals surface area contributed by atoms with Crippen molar-refractivity contribution in [1.82, 2.24) is 5.32 Å². The minimum atomic E-state index is -0.183. The van der Waals surface area contributed by atoms with Crippen LogP contribution in [0.2, 0.25) is 0 Å². The number of aliphatic hydroxyl groups excluding tert-OH is 1. The van der Waals surface area contributed by atoms with Crippen molar-refractivity contribution in [1.29, 1.82) is 0 Å². The molecule has 0 aromatic heterocycles. The van der Waals surface area contributed by atoms with Gasteiger partial charge in [0, 0.05) is 17.5 Å². The molecule has 0 radical (unpaired) electrons. The van der Waals surface area contributed by atoms with E-state index in [-0.39, 0.29) is 23.9 Å². The van der Waals surface area contributed by atoms with Crippen molar-refractivity contribution < 1.29 is 14.2 Å². The summed E-state index contributed by atoms with van der Waals surface area (Å²) in [5, 5.41) is 12.9. The fourth-order valence-electron chi connectivity index (χ4n) is 2.56.